The summed E-state index contributed by atoms with van der Waals surface area (Å²) in [6, 6.07) is -0.492. The first kappa shape index (κ1) is 15.0. The van der Waals surface area contributed by atoms with Crippen LogP contribution in [0.3, 0.4) is 0 Å². The van der Waals surface area contributed by atoms with Crippen LogP contribution in [0.4, 0.5) is 4.79 Å². The van der Waals surface area contributed by atoms with Gasteiger partial charge in [0.05, 0.1) is 12.6 Å². The summed E-state index contributed by atoms with van der Waals surface area (Å²) in [5, 5.41) is 2.66. The molecule has 104 valence electrons. The first-order valence-electron chi connectivity index (χ1n) is 6.74. The predicted molar refractivity (Wildman–Crippen MR) is 70.4 cm³/mol. The van der Waals surface area contributed by atoms with E-state index in [9.17, 15) is 9.59 Å². The second-order valence-electron chi connectivity index (χ2n) is 6.28. The van der Waals surface area contributed by atoms with Gasteiger partial charge in [-0.05, 0) is 24.7 Å². The smallest absolute Gasteiger partial charge is 0.407 e. The third-order valence-electron chi connectivity index (χ3n) is 3.52. The molecular weight excluding hydrogens is 230 g/mol. The van der Waals surface area contributed by atoms with Crippen LogP contribution in [0.25, 0.3) is 0 Å². The second-order valence-corrected chi connectivity index (χ2v) is 6.28. The van der Waals surface area contributed by atoms with E-state index in [-0.39, 0.29) is 11.2 Å². The normalized spacial score (nSPS) is 17.8. The third-order valence-corrected chi connectivity index (χ3v) is 3.52. The van der Waals surface area contributed by atoms with Gasteiger partial charge in [0.15, 0.2) is 5.78 Å². The van der Waals surface area contributed by atoms with Crippen molar-refractivity contribution in [2.75, 3.05) is 6.61 Å². The maximum Gasteiger partial charge on any atom is 0.407 e. The number of nitrogens with one attached hydrogen (secondary N) is 1. The quantitative estimate of drug-likeness (QED) is 0.821. The number of hydrogen-bond donors (Lipinski definition) is 1. The van der Waals surface area contributed by atoms with E-state index in [0.717, 1.165) is 12.3 Å². The van der Waals surface area contributed by atoms with E-state index in [1.54, 1.807) is 0 Å². The van der Waals surface area contributed by atoms with Gasteiger partial charge in [0.2, 0.25) is 0 Å². The lowest BCUT2D eigenvalue weighted by Crippen LogP contribution is -2.48. The number of ether oxygens (including phenoxy) is 1. The fourth-order valence-electron chi connectivity index (χ4n) is 2.19. The van der Waals surface area contributed by atoms with Gasteiger partial charge in [-0.3, -0.25) is 4.79 Å². The molecule has 1 N–H and O–H groups in total. The molecular formula is C14H25NO3. The van der Waals surface area contributed by atoms with Gasteiger partial charge in [0.1, 0.15) is 0 Å². The highest BCUT2D eigenvalue weighted by Crippen LogP contribution is 2.29. The fourth-order valence-corrected chi connectivity index (χ4v) is 2.19. The van der Waals surface area contributed by atoms with Gasteiger partial charge in [0.25, 0.3) is 0 Å². The number of carbonyl (C=O) groups is 2. The number of Topliss-reactive ketones (excluding diaryl/α,β-unsaturated/α-hetero) is 1. The zero-order chi connectivity index (χ0) is 13.8. The predicted octanol–water partition coefficient (Wildman–Crippen LogP) is 2.91. The molecule has 1 aliphatic carbocycles. The zero-order valence-corrected chi connectivity index (χ0v) is 11.9. The van der Waals surface area contributed by atoms with Crippen LogP contribution in [0, 0.1) is 11.3 Å². The summed E-state index contributed by atoms with van der Waals surface area (Å²) in [5.41, 5.74) is -0.293. The summed E-state index contributed by atoms with van der Waals surface area (Å²) >= 11 is 0. The van der Waals surface area contributed by atoms with Gasteiger partial charge in [-0.1, -0.05) is 40.0 Å². The second kappa shape index (κ2) is 6.21. The topological polar surface area (TPSA) is 55.4 Å². The van der Waals surface area contributed by atoms with Gasteiger partial charge in [-0.15, -0.1) is 0 Å². The lowest BCUT2D eigenvalue weighted by molar-refractivity contribution is -0.121. The van der Waals surface area contributed by atoms with Crippen LogP contribution in [0.5, 0.6) is 0 Å². The van der Waals surface area contributed by atoms with Crippen molar-refractivity contribution in [2.24, 2.45) is 11.3 Å². The Balaban J connectivity index is 2.29. The maximum atomic E-state index is 11.6. The highest BCUT2D eigenvalue weighted by atomic mass is 16.5. The van der Waals surface area contributed by atoms with Crippen LogP contribution in [-0.2, 0) is 9.53 Å². The molecule has 18 heavy (non-hydrogen) atoms. The zero-order valence-electron chi connectivity index (χ0n) is 11.9. The maximum absolute atomic E-state index is 11.6. The molecule has 0 bridgehead atoms. The monoisotopic (exact) mass is 255 g/mol. The van der Waals surface area contributed by atoms with Crippen molar-refractivity contribution in [3.8, 4) is 0 Å². The van der Waals surface area contributed by atoms with Crippen molar-refractivity contribution in [3.63, 3.8) is 0 Å². The Hall–Kier alpha value is -1.06. The molecule has 1 unspecified atom stereocenters. The molecule has 1 saturated carbocycles. The molecule has 0 aromatic carbocycles. The summed E-state index contributed by atoms with van der Waals surface area (Å²) in [6.45, 7) is 7.71. The highest BCUT2D eigenvalue weighted by molar-refractivity contribution is 5.86. The van der Waals surface area contributed by atoms with Crippen molar-refractivity contribution in [1.29, 1.82) is 0 Å². The summed E-state index contributed by atoms with van der Waals surface area (Å²) < 4.78 is 5.12. The SMILES string of the molecule is CC(=O)C(NC(=O)OCCC1CCC1)C(C)(C)C. The van der Waals surface area contributed by atoms with E-state index in [1.807, 2.05) is 20.8 Å². The molecule has 4 heteroatoms. The molecule has 0 saturated heterocycles. The van der Waals surface area contributed by atoms with E-state index in [1.165, 1.54) is 26.2 Å². The minimum Gasteiger partial charge on any atom is -0.450 e. The number of hydrogen-bond acceptors (Lipinski definition) is 3. The van der Waals surface area contributed by atoms with Crippen LogP contribution >= 0.6 is 0 Å². The molecule has 0 aliphatic heterocycles. The Morgan fingerprint density at radius 3 is 2.33 bits per heavy atom. The summed E-state index contributed by atoms with van der Waals surface area (Å²) in [4.78, 5) is 23.1. The number of alkyl carbamates (subject to hydrolysis) is 1. The Morgan fingerprint density at radius 2 is 1.94 bits per heavy atom. The fraction of sp³-hybridized carbons (Fsp3) is 0.857. The Bertz CT molecular complexity index is 303. The third kappa shape index (κ3) is 4.67. The van der Waals surface area contributed by atoms with E-state index in [0.29, 0.717) is 6.61 Å². The van der Waals surface area contributed by atoms with Gasteiger partial charge >= 0.3 is 6.09 Å². The molecule has 1 amide bonds. The molecule has 0 aromatic heterocycles. The Kier molecular flexibility index (Phi) is 5.17. The van der Waals surface area contributed by atoms with Crippen molar-refractivity contribution in [3.05, 3.63) is 0 Å². The summed E-state index contributed by atoms with van der Waals surface area (Å²) in [6.07, 6.45) is 4.26. The molecule has 1 aliphatic rings. The van der Waals surface area contributed by atoms with E-state index >= 15 is 0 Å². The minimum atomic E-state index is -0.492. The lowest BCUT2D eigenvalue weighted by atomic mass is 9.83. The molecule has 1 rings (SSSR count). The molecule has 1 atom stereocenters. The van der Waals surface area contributed by atoms with Crippen LogP contribution in [0.15, 0.2) is 0 Å². The summed E-state index contributed by atoms with van der Waals surface area (Å²) in [5.74, 6) is 0.683. The van der Waals surface area contributed by atoms with Crippen LogP contribution in [0.2, 0.25) is 0 Å². The highest BCUT2D eigenvalue weighted by Gasteiger charge is 2.30. The molecule has 0 heterocycles. The van der Waals surface area contributed by atoms with E-state index in [4.69, 9.17) is 4.74 Å². The Labute approximate surface area is 109 Å². The van der Waals surface area contributed by atoms with E-state index in [2.05, 4.69) is 5.32 Å². The standard InChI is InChI=1S/C14H25NO3/c1-10(16)12(14(2,3)4)15-13(17)18-9-8-11-6-5-7-11/h11-12H,5-9H2,1-4H3,(H,15,17). The van der Waals surface area contributed by atoms with Crippen LogP contribution in [0.1, 0.15) is 53.4 Å². The van der Waals surface area contributed by atoms with Crippen molar-refractivity contribution < 1.29 is 14.3 Å². The number of ketones is 1. The number of amides is 1. The van der Waals surface area contributed by atoms with Crippen molar-refractivity contribution in [2.45, 2.75) is 59.4 Å². The minimum absolute atomic E-state index is 0.0431. The lowest BCUT2D eigenvalue weighted by Gasteiger charge is -2.29. The number of carbonyl (C=O) groups excluding carboxylic acids is 2. The van der Waals surface area contributed by atoms with Crippen molar-refractivity contribution >= 4 is 11.9 Å². The van der Waals surface area contributed by atoms with Gasteiger partial charge in [-0.25, -0.2) is 4.79 Å². The van der Waals surface area contributed by atoms with Gasteiger partial charge < -0.3 is 10.1 Å². The van der Waals surface area contributed by atoms with Crippen LogP contribution in [-0.4, -0.2) is 24.5 Å². The summed E-state index contributed by atoms with van der Waals surface area (Å²) in [7, 11) is 0. The molecule has 0 aromatic rings. The molecule has 0 radical (unpaired) electrons. The average Bonchev–Trinajstić information content (AvgIpc) is 2.16. The molecule has 4 nitrogen and oxygen atoms in total. The first-order chi connectivity index (χ1) is 8.30. The van der Waals surface area contributed by atoms with Gasteiger partial charge in [0, 0.05) is 0 Å². The first-order valence-corrected chi connectivity index (χ1v) is 6.74. The van der Waals surface area contributed by atoms with E-state index < -0.39 is 12.1 Å². The Morgan fingerprint density at radius 1 is 1.33 bits per heavy atom. The van der Waals surface area contributed by atoms with Gasteiger partial charge in [-0.2, -0.15) is 0 Å². The largest absolute Gasteiger partial charge is 0.450 e. The van der Waals surface area contributed by atoms with Crippen LogP contribution < -0.4 is 5.32 Å². The molecule has 0 spiro atoms. The average molecular weight is 255 g/mol. The molecule has 1 fully saturated rings. The van der Waals surface area contributed by atoms with Crippen molar-refractivity contribution in [1.82, 2.24) is 5.32 Å². The number of rotatable bonds is 5.